The zero-order valence-corrected chi connectivity index (χ0v) is 16.1. The minimum atomic E-state index is -0.317. The van der Waals surface area contributed by atoms with Crippen molar-refractivity contribution in [2.24, 2.45) is 0 Å². The monoisotopic (exact) mass is 398 g/mol. The summed E-state index contributed by atoms with van der Waals surface area (Å²) in [6.45, 7) is 4.04. The van der Waals surface area contributed by atoms with E-state index in [1.807, 2.05) is 6.07 Å². The molecule has 0 aliphatic heterocycles. The molecule has 0 aliphatic rings. The predicted molar refractivity (Wildman–Crippen MR) is 107 cm³/mol. The second kappa shape index (κ2) is 9.14. The smallest absolute Gasteiger partial charge is 0.271 e. The van der Waals surface area contributed by atoms with Crippen LogP contribution in [-0.4, -0.2) is 24.5 Å². The molecule has 0 aliphatic carbocycles. The van der Waals surface area contributed by atoms with E-state index in [4.69, 9.17) is 9.47 Å². The summed E-state index contributed by atoms with van der Waals surface area (Å²) in [7, 11) is 1.53. The Morgan fingerprint density at radius 1 is 1.29 bits per heavy atom. The topological polar surface area (TPSA) is 60.5 Å². The number of nitrogens with zero attached hydrogens (tertiary/aromatic N) is 1. The first-order valence-electron chi connectivity index (χ1n) is 8.51. The number of carbonyl (C=O) groups excluding carboxylic acids is 1. The molecule has 5 nitrogen and oxygen atoms in total. The number of aromatic nitrogens is 1. The minimum absolute atomic E-state index is 0.0905. The van der Waals surface area contributed by atoms with Crippen LogP contribution in [0.5, 0.6) is 11.5 Å². The lowest BCUT2D eigenvalue weighted by Gasteiger charge is -2.12. The molecule has 0 atom stereocenters. The van der Waals surface area contributed by atoms with E-state index in [1.165, 1.54) is 24.5 Å². The van der Waals surface area contributed by atoms with Crippen LogP contribution in [0.25, 0.3) is 10.6 Å². The third-order valence-corrected chi connectivity index (χ3v) is 4.79. The van der Waals surface area contributed by atoms with Crippen LogP contribution in [0, 0.1) is 5.82 Å². The zero-order valence-electron chi connectivity index (χ0n) is 15.3. The molecule has 0 bridgehead atoms. The van der Waals surface area contributed by atoms with E-state index in [9.17, 15) is 9.18 Å². The second-order valence-electron chi connectivity index (χ2n) is 5.78. The molecule has 28 heavy (non-hydrogen) atoms. The predicted octanol–water partition coefficient (Wildman–Crippen LogP) is 4.45. The van der Waals surface area contributed by atoms with Crippen molar-refractivity contribution >= 4 is 17.2 Å². The van der Waals surface area contributed by atoms with Crippen LogP contribution in [-0.2, 0) is 6.61 Å². The highest BCUT2D eigenvalue weighted by Gasteiger charge is 2.14. The Hall–Kier alpha value is -3.19. The van der Waals surface area contributed by atoms with E-state index in [1.54, 1.807) is 41.8 Å². The maximum absolute atomic E-state index is 13.7. The molecular formula is C21H19FN2O3S. The molecule has 1 N–H and O–H groups in total. The van der Waals surface area contributed by atoms with E-state index in [0.29, 0.717) is 34.3 Å². The van der Waals surface area contributed by atoms with Crippen molar-refractivity contribution < 1.29 is 18.7 Å². The fraction of sp³-hybridized carbons (Fsp3) is 0.143. The molecule has 0 fully saturated rings. The van der Waals surface area contributed by atoms with Gasteiger partial charge in [0.05, 0.1) is 7.11 Å². The Bertz CT molecular complexity index is 987. The van der Waals surface area contributed by atoms with E-state index in [0.717, 1.165) is 5.56 Å². The number of nitrogens with one attached hydrogen (secondary N) is 1. The lowest BCUT2D eigenvalue weighted by atomic mass is 10.2. The number of ether oxygens (including phenoxy) is 2. The van der Waals surface area contributed by atoms with Crippen molar-refractivity contribution in [2.75, 3.05) is 13.7 Å². The molecule has 7 heteroatoms. The van der Waals surface area contributed by atoms with Gasteiger partial charge < -0.3 is 14.8 Å². The minimum Gasteiger partial charge on any atom is -0.493 e. The summed E-state index contributed by atoms with van der Waals surface area (Å²) >= 11 is 1.36. The Balaban J connectivity index is 1.76. The second-order valence-corrected chi connectivity index (χ2v) is 6.64. The van der Waals surface area contributed by atoms with Crippen LogP contribution in [0.2, 0.25) is 0 Å². The van der Waals surface area contributed by atoms with Crippen molar-refractivity contribution in [3.05, 3.63) is 77.6 Å². The molecule has 2 aromatic carbocycles. The number of hydrogen-bond acceptors (Lipinski definition) is 5. The van der Waals surface area contributed by atoms with Gasteiger partial charge in [0.25, 0.3) is 5.91 Å². The molecule has 0 unspecified atom stereocenters. The van der Waals surface area contributed by atoms with Crippen LogP contribution in [0.1, 0.15) is 16.1 Å². The van der Waals surface area contributed by atoms with Gasteiger partial charge in [0.1, 0.15) is 23.1 Å². The number of benzene rings is 2. The SMILES string of the molecule is C=CCNC(=O)c1csc(-c2ccc(OCc3ccccc3F)c(OC)c2)n1. The summed E-state index contributed by atoms with van der Waals surface area (Å²) in [5.41, 5.74) is 1.60. The normalized spacial score (nSPS) is 10.4. The van der Waals surface area contributed by atoms with Crippen molar-refractivity contribution in [3.63, 3.8) is 0 Å². The summed E-state index contributed by atoms with van der Waals surface area (Å²) in [4.78, 5) is 16.4. The third kappa shape index (κ3) is 4.55. The van der Waals surface area contributed by atoms with Crippen LogP contribution < -0.4 is 14.8 Å². The summed E-state index contributed by atoms with van der Waals surface area (Å²) in [5, 5.41) is 5.07. The van der Waals surface area contributed by atoms with Gasteiger partial charge in [-0.1, -0.05) is 24.3 Å². The molecule has 3 rings (SSSR count). The van der Waals surface area contributed by atoms with Gasteiger partial charge in [-0.25, -0.2) is 9.37 Å². The first-order valence-corrected chi connectivity index (χ1v) is 9.39. The average molecular weight is 398 g/mol. The van der Waals surface area contributed by atoms with E-state index in [2.05, 4.69) is 16.9 Å². The standard InChI is InChI=1S/C21H19FN2O3S/c1-3-10-23-20(25)17-13-28-21(24-17)14-8-9-18(19(11-14)26-2)27-12-15-6-4-5-7-16(15)22/h3-9,11,13H,1,10,12H2,2H3,(H,23,25). The number of rotatable bonds is 8. The van der Waals surface area contributed by atoms with Gasteiger partial charge in [-0.05, 0) is 24.3 Å². The van der Waals surface area contributed by atoms with Gasteiger partial charge in [0.2, 0.25) is 0 Å². The van der Waals surface area contributed by atoms with E-state index in [-0.39, 0.29) is 18.3 Å². The lowest BCUT2D eigenvalue weighted by Crippen LogP contribution is -2.23. The van der Waals surface area contributed by atoms with Gasteiger partial charge in [-0.15, -0.1) is 17.9 Å². The fourth-order valence-electron chi connectivity index (χ4n) is 2.46. The van der Waals surface area contributed by atoms with Crippen LogP contribution in [0.15, 0.2) is 60.5 Å². The fourth-order valence-corrected chi connectivity index (χ4v) is 3.25. The zero-order chi connectivity index (χ0) is 19.9. The summed E-state index contributed by atoms with van der Waals surface area (Å²) in [6.07, 6.45) is 1.61. The van der Waals surface area contributed by atoms with Crippen LogP contribution >= 0.6 is 11.3 Å². The van der Waals surface area contributed by atoms with Crippen molar-refractivity contribution in [3.8, 4) is 22.1 Å². The molecule has 1 amide bonds. The average Bonchev–Trinajstić information content (AvgIpc) is 3.21. The number of hydrogen-bond donors (Lipinski definition) is 1. The number of carbonyl (C=O) groups is 1. The number of thiazole rings is 1. The van der Waals surface area contributed by atoms with Gasteiger partial charge >= 0.3 is 0 Å². The number of methoxy groups -OCH3 is 1. The molecule has 1 aromatic heterocycles. The molecule has 0 radical (unpaired) electrons. The highest BCUT2D eigenvalue weighted by molar-refractivity contribution is 7.13. The van der Waals surface area contributed by atoms with Crippen molar-refractivity contribution in [2.45, 2.75) is 6.61 Å². The quantitative estimate of drug-likeness (QED) is 0.570. The van der Waals surface area contributed by atoms with Crippen molar-refractivity contribution in [1.82, 2.24) is 10.3 Å². The van der Waals surface area contributed by atoms with Gasteiger partial charge in [-0.3, -0.25) is 4.79 Å². The third-order valence-electron chi connectivity index (χ3n) is 3.90. The Kier molecular flexibility index (Phi) is 6.39. The summed E-state index contributed by atoms with van der Waals surface area (Å²) < 4.78 is 24.9. The van der Waals surface area contributed by atoms with Crippen LogP contribution in [0.4, 0.5) is 4.39 Å². The number of amides is 1. The molecule has 0 saturated heterocycles. The van der Waals surface area contributed by atoms with Gasteiger partial charge in [-0.2, -0.15) is 0 Å². The molecule has 144 valence electrons. The molecule has 1 heterocycles. The maximum atomic E-state index is 13.7. The summed E-state index contributed by atoms with van der Waals surface area (Å²) in [6, 6.07) is 11.8. The van der Waals surface area contributed by atoms with Crippen LogP contribution in [0.3, 0.4) is 0 Å². The van der Waals surface area contributed by atoms with E-state index < -0.39 is 0 Å². The molecule has 0 saturated carbocycles. The molecular weight excluding hydrogens is 379 g/mol. The molecule has 0 spiro atoms. The van der Waals surface area contributed by atoms with Gasteiger partial charge in [0.15, 0.2) is 11.5 Å². The Morgan fingerprint density at radius 2 is 2.11 bits per heavy atom. The van der Waals surface area contributed by atoms with Crippen molar-refractivity contribution in [1.29, 1.82) is 0 Å². The Labute approximate surface area is 166 Å². The van der Waals surface area contributed by atoms with Gasteiger partial charge in [0, 0.05) is 23.1 Å². The first-order chi connectivity index (χ1) is 13.6. The summed E-state index contributed by atoms with van der Waals surface area (Å²) in [5.74, 6) is 0.430. The number of halogens is 1. The highest BCUT2D eigenvalue weighted by Crippen LogP contribution is 2.34. The molecule has 3 aromatic rings. The first kappa shape index (κ1) is 19.6. The maximum Gasteiger partial charge on any atom is 0.271 e. The highest BCUT2D eigenvalue weighted by atomic mass is 32.1. The lowest BCUT2D eigenvalue weighted by molar-refractivity contribution is 0.0954. The largest absolute Gasteiger partial charge is 0.493 e. The van der Waals surface area contributed by atoms with E-state index >= 15 is 0 Å². The Morgan fingerprint density at radius 3 is 2.86 bits per heavy atom.